The number of carbonyl (C=O) groups is 1. The molecule has 1 aliphatic rings. The first-order chi connectivity index (χ1) is 11.6. The summed E-state index contributed by atoms with van der Waals surface area (Å²) in [4.78, 5) is 14.2. The molecule has 0 aromatic heterocycles. The maximum absolute atomic E-state index is 12.5. The van der Waals surface area contributed by atoms with Gasteiger partial charge in [-0.25, -0.2) is 4.79 Å². The van der Waals surface area contributed by atoms with Crippen molar-refractivity contribution in [3.8, 4) is 11.5 Å². The smallest absolute Gasteiger partial charge is 0.322 e. The molecule has 0 saturated heterocycles. The van der Waals surface area contributed by atoms with Gasteiger partial charge in [-0.3, -0.25) is 0 Å². The number of fused-ring (bicyclic) bond motifs is 1. The SMILES string of the molecule is CCN(Cc1ccc2c(c1)OCO2)C(=O)Nc1ccc(C)cc1Cl. The number of halogens is 1. The molecule has 3 rings (SSSR count). The number of rotatable bonds is 4. The van der Waals surface area contributed by atoms with Gasteiger partial charge < -0.3 is 19.7 Å². The van der Waals surface area contributed by atoms with E-state index in [1.807, 2.05) is 50.2 Å². The maximum atomic E-state index is 12.5. The highest BCUT2D eigenvalue weighted by Crippen LogP contribution is 2.33. The van der Waals surface area contributed by atoms with Gasteiger partial charge in [-0.2, -0.15) is 0 Å². The van der Waals surface area contributed by atoms with Gasteiger partial charge in [0.25, 0.3) is 0 Å². The van der Waals surface area contributed by atoms with Crippen molar-refractivity contribution in [2.24, 2.45) is 0 Å². The molecule has 0 aliphatic carbocycles. The van der Waals surface area contributed by atoms with Crippen LogP contribution in [0.3, 0.4) is 0 Å². The second-order valence-corrected chi connectivity index (χ2v) is 6.02. The van der Waals surface area contributed by atoms with Gasteiger partial charge in [-0.15, -0.1) is 0 Å². The molecule has 0 radical (unpaired) electrons. The number of nitrogens with zero attached hydrogens (tertiary/aromatic N) is 1. The summed E-state index contributed by atoms with van der Waals surface area (Å²) in [6.45, 7) is 5.17. The molecule has 1 heterocycles. The Bertz CT molecular complexity index is 764. The van der Waals surface area contributed by atoms with Gasteiger partial charge in [0.15, 0.2) is 11.5 Å². The third-order valence-corrected chi connectivity index (χ3v) is 4.16. The van der Waals surface area contributed by atoms with Gasteiger partial charge in [-0.1, -0.05) is 23.7 Å². The lowest BCUT2D eigenvalue weighted by Crippen LogP contribution is -2.34. The van der Waals surface area contributed by atoms with E-state index >= 15 is 0 Å². The van der Waals surface area contributed by atoms with Gasteiger partial charge in [0.2, 0.25) is 6.79 Å². The van der Waals surface area contributed by atoms with Crippen LogP contribution in [-0.4, -0.2) is 24.3 Å². The molecular weight excluding hydrogens is 328 g/mol. The fourth-order valence-corrected chi connectivity index (χ4v) is 2.79. The molecule has 1 aliphatic heterocycles. The standard InChI is InChI=1S/C18H19ClN2O3/c1-3-21(10-13-5-7-16-17(9-13)24-11-23-16)18(22)20-15-6-4-12(2)8-14(15)19/h4-9H,3,10-11H2,1-2H3,(H,20,22). The van der Waals surface area contributed by atoms with Crippen LogP contribution >= 0.6 is 11.6 Å². The second kappa shape index (κ2) is 7.01. The van der Waals surface area contributed by atoms with Gasteiger partial charge in [0.05, 0.1) is 10.7 Å². The van der Waals surface area contributed by atoms with E-state index in [-0.39, 0.29) is 12.8 Å². The van der Waals surface area contributed by atoms with Crippen LogP contribution in [0.15, 0.2) is 36.4 Å². The van der Waals surface area contributed by atoms with E-state index in [9.17, 15) is 4.79 Å². The molecule has 0 spiro atoms. The zero-order valence-electron chi connectivity index (χ0n) is 13.6. The van der Waals surface area contributed by atoms with Crippen molar-refractivity contribution in [1.82, 2.24) is 4.90 Å². The minimum absolute atomic E-state index is 0.194. The van der Waals surface area contributed by atoms with Crippen LogP contribution in [0.1, 0.15) is 18.1 Å². The average molecular weight is 347 g/mol. The van der Waals surface area contributed by atoms with Crippen molar-refractivity contribution < 1.29 is 14.3 Å². The number of amides is 2. The first-order valence-corrected chi connectivity index (χ1v) is 8.15. The zero-order chi connectivity index (χ0) is 17.1. The van der Waals surface area contributed by atoms with Crippen LogP contribution in [0.25, 0.3) is 0 Å². The third-order valence-electron chi connectivity index (χ3n) is 3.85. The van der Waals surface area contributed by atoms with Gasteiger partial charge in [0, 0.05) is 13.1 Å². The quantitative estimate of drug-likeness (QED) is 0.890. The molecule has 1 N–H and O–H groups in total. The number of urea groups is 1. The lowest BCUT2D eigenvalue weighted by molar-refractivity contribution is 0.174. The van der Waals surface area contributed by atoms with E-state index in [0.29, 0.717) is 29.5 Å². The number of nitrogens with one attached hydrogen (secondary N) is 1. The number of ether oxygens (including phenoxy) is 2. The van der Waals surface area contributed by atoms with E-state index in [4.69, 9.17) is 21.1 Å². The highest BCUT2D eigenvalue weighted by molar-refractivity contribution is 6.33. The number of carbonyl (C=O) groups excluding carboxylic acids is 1. The number of anilines is 1. The Labute approximate surface area is 146 Å². The molecule has 126 valence electrons. The molecule has 0 unspecified atom stereocenters. The number of hydrogen-bond donors (Lipinski definition) is 1. The topological polar surface area (TPSA) is 50.8 Å². The number of aryl methyl sites for hydroxylation is 1. The summed E-state index contributed by atoms with van der Waals surface area (Å²) in [7, 11) is 0. The Morgan fingerprint density at radius 2 is 2.00 bits per heavy atom. The first kappa shape index (κ1) is 16.5. The van der Waals surface area contributed by atoms with Crippen molar-refractivity contribution in [1.29, 1.82) is 0 Å². The summed E-state index contributed by atoms with van der Waals surface area (Å²) in [5, 5.41) is 3.39. The molecule has 0 saturated carbocycles. The van der Waals surface area contributed by atoms with Crippen LogP contribution in [-0.2, 0) is 6.54 Å². The Morgan fingerprint density at radius 1 is 1.21 bits per heavy atom. The predicted octanol–water partition coefficient (Wildman–Crippen LogP) is 4.43. The summed E-state index contributed by atoms with van der Waals surface area (Å²) in [5.74, 6) is 1.45. The molecule has 0 atom stereocenters. The molecular formula is C18H19ClN2O3. The third kappa shape index (κ3) is 3.57. The normalized spacial score (nSPS) is 12.1. The Morgan fingerprint density at radius 3 is 2.75 bits per heavy atom. The van der Waals surface area contributed by atoms with Crippen LogP contribution in [0.2, 0.25) is 5.02 Å². The molecule has 0 bridgehead atoms. The van der Waals surface area contributed by atoms with Gasteiger partial charge >= 0.3 is 6.03 Å². The van der Waals surface area contributed by atoms with E-state index < -0.39 is 0 Å². The molecule has 6 heteroatoms. The fourth-order valence-electron chi connectivity index (χ4n) is 2.50. The van der Waals surface area contributed by atoms with Crippen LogP contribution in [0, 0.1) is 6.92 Å². The maximum Gasteiger partial charge on any atom is 0.322 e. The average Bonchev–Trinajstić information content (AvgIpc) is 3.02. The van der Waals surface area contributed by atoms with E-state index in [2.05, 4.69) is 5.32 Å². The lowest BCUT2D eigenvalue weighted by atomic mass is 10.2. The molecule has 24 heavy (non-hydrogen) atoms. The summed E-state index contributed by atoms with van der Waals surface area (Å²) in [5.41, 5.74) is 2.63. The minimum Gasteiger partial charge on any atom is -0.454 e. The van der Waals surface area contributed by atoms with Crippen molar-refractivity contribution in [3.05, 3.63) is 52.5 Å². The van der Waals surface area contributed by atoms with Crippen molar-refractivity contribution in [3.63, 3.8) is 0 Å². The van der Waals surface area contributed by atoms with Crippen molar-refractivity contribution >= 4 is 23.3 Å². The molecule has 2 aromatic rings. The van der Waals surface area contributed by atoms with E-state index in [1.165, 1.54) is 0 Å². The van der Waals surface area contributed by atoms with Crippen LogP contribution in [0.4, 0.5) is 10.5 Å². The van der Waals surface area contributed by atoms with Crippen molar-refractivity contribution in [2.45, 2.75) is 20.4 Å². The summed E-state index contributed by atoms with van der Waals surface area (Å²) in [6.07, 6.45) is 0. The summed E-state index contributed by atoms with van der Waals surface area (Å²) >= 11 is 6.18. The highest BCUT2D eigenvalue weighted by Gasteiger charge is 2.17. The van der Waals surface area contributed by atoms with E-state index in [1.54, 1.807) is 4.90 Å². The molecule has 2 amide bonds. The fraction of sp³-hybridized carbons (Fsp3) is 0.278. The Hall–Kier alpha value is -2.40. The number of benzene rings is 2. The zero-order valence-corrected chi connectivity index (χ0v) is 14.4. The summed E-state index contributed by atoms with van der Waals surface area (Å²) < 4.78 is 10.7. The van der Waals surface area contributed by atoms with Crippen LogP contribution < -0.4 is 14.8 Å². The van der Waals surface area contributed by atoms with E-state index in [0.717, 1.165) is 16.9 Å². The second-order valence-electron chi connectivity index (χ2n) is 5.62. The van der Waals surface area contributed by atoms with Crippen molar-refractivity contribution in [2.75, 3.05) is 18.7 Å². The lowest BCUT2D eigenvalue weighted by Gasteiger charge is -2.22. The Kier molecular flexibility index (Phi) is 4.81. The van der Waals surface area contributed by atoms with Gasteiger partial charge in [-0.05, 0) is 49.2 Å². The minimum atomic E-state index is -0.194. The highest BCUT2D eigenvalue weighted by atomic mass is 35.5. The molecule has 2 aromatic carbocycles. The van der Waals surface area contributed by atoms with Gasteiger partial charge in [0.1, 0.15) is 0 Å². The predicted molar refractivity (Wildman–Crippen MR) is 93.9 cm³/mol. The monoisotopic (exact) mass is 346 g/mol. The summed E-state index contributed by atoms with van der Waals surface area (Å²) in [6, 6.07) is 11.0. The molecule has 5 nitrogen and oxygen atoms in total. The largest absolute Gasteiger partial charge is 0.454 e. The molecule has 0 fully saturated rings. The first-order valence-electron chi connectivity index (χ1n) is 7.77. The number of hydrogen-bond acceptors (Lipinski definition) is 3. The van der Waals surface area contributed by atoms with Crippen LogP contribution in [0.5, 0.6) is 11.5 Å². The Balaban J connectivity index is 1.70.